The SMILES string of the molecule is COc1cccc(-c2csc(C3(N)CCCC3)n2)c1. The lowest BCUT2D eigenvalue weighted by Crippen LogP contribution is -2.32. The lowest BCUT2D eigenvalue weighted by atomic mass is 10.0. The zero-order chi connectivity index (χ0) is 13.3. The van der Waals surface area contributed by atoms with E-state index in [1.165, 1.54) is 12.8 Å². The van der Waals surface area contributed by atoms with Crippen LogP contribution in [-0.4, -0.2) is 12.1 Å². The molecule has 0 unspecified atom stereocenters. The smallest absolute Gasteiger partial charge is 0.119 e. The molecule has 1 fully saturated rings. The Morgan fingerprint density at radius 2 is 2.11 bits per heavy atom. The van der Waals surface area contributed by atoms with Gasteiger partial charge in [-0.3, -0.25) is 0 Å². The molecule has 100 valence electrons. The molecule has 1 saturated carbocycles. The normalized spacial score (nSPS) is 17.6. The first-order valence-corrected chi connectivity index (χ1v) is 7.48. The highest BCUT2D eigenvalue weighted by atomic mass is 32.1. The molecule has 1 heterocycles. The number of hydrogen-bond acceptors (Lipinski definition) is 4. The largest absolute Gasteiger partial charge is 0.497 e. The van der Waals surface area contributed by atoms with Crippen LogP contribution < -0.4 is 10.5 Å². The molecule has 0 aliphatic heterocycles. The minimum absolute atomic E-state index is 0.193. The maximum atomic E-state index is 6.45. The van der Waals surface area contributed by atoms with E-state index in [0.717, 1.165) is 34.9 Å². The van der Waals surface area contributed by atoms with Crippen LogP contribution in [-0.2, 0) is 5.54 Å². The highest BCUT2D eigenvalue weighted by Gasteiger charge is 2.34. The van der Waals surface area contributed by atoms with E-state index in [1.807, 2.05) is 18.2 Å². The van der Waals surface area contributed by atoms with E-state index < -0.39 is 0 Å². The summed E-state index contributed by atoms with van der Waals surface area (Å²) in [4.78, 5) is 4.75. The van der Waals surface area contributed by atoms with Crippen molar-refractivity contribution in [3.63, 3.8) is 0 Å². The average molecular weight is 274 g/mol. The quantitative estimate of drug-likeness (QED) is 0.931. The number of hydrogen-bond donors (Lipinski definition) is 1. The molecule has 0 atom stereocenters. The molecule has 4 heteroatoms. The topological polar surface area (TPSA) is 48.1 Å². The van der Waals surface area contributed by atoms with Crippen molar-refractivity contribution in [2.45, 2.75) is 31.2 Å². The van der Waals surface area contributed by atoms with Gasteiger partial charge in [0.25, 0.3) is 0 Å². The molecule has 0 amide bonds. The molecule has 1 aliphatic carbocycles. The Balaban J connectivity index is 1.92. The number of rotatable bonds is 3. The first-order valence-electron chi connectivity index (χ1n) is 6.61. The van der Waals surface area contributed by atoms with Crippen LogP contribution in [0.2, 0.25) is 0 Å². The molecule has 0 bridgehead atoms. The zero-order valence-electron chi connectivity index (χ0n) is 11.1. The molecular weight excluding hydrogens is 256 g/mol. The molecular formula is C15H18N2OS. The van der Waals surface area contributed by atoms with Gasteiger partial charge in [0.15, 0.2) is 0 Å². The van der Waals surface area contributed by atoms with Crippen LogP contribution >= 0.6 is 11.3 Å². The third-order valence-electron chi connectivity index (χ3n) is 3.79. The number of nitrogens with zero attached hydrogens (tertiary/aromatic N) is 1. The summed E-state index contributed by atoms with van der Waals surface area (Å²) in [6.45, 7) is 0. The minimum atomic E-state index is -0.193. The molecule has 2 aromatic rings. The summed E-state index contributed by atoms with van der Waals surface area (Å²) >= 11 is 1.68. The van der Waals surface area contributed by atoms with Crippen molar-refractivity contribution in [3.8, 4) is 17.0 Å². The average Bonchev–Trinajstić information content (AvgIpc) is 3.08. The summed E-state index contributed by atoms with van der Waals surface area (Å²) in [7, 11) is 1.68. The van der Waals surface area contributed by atoms with Gasteiger partial charge in [-0.2, -0.15) is 0 Å². The Morgan fingerprint density at radius 3 is 2.84 bits per heavy atom. The molecule has 2 N–H and O–H groups in total. The van der Waals surface area contributed by atoms with Gasteiger partial charge in [0.05, 0.1) is 18.3 Å². The van der Waals surface area contributed by atoms with Gasteiger partial charge in [-0.1, -0.05) is 25.0 Å². The van der Waals surface area contributed by atoms with E-state index in [1.54, 1.807) is 18.4 Å². The summed E-state index contributed by atoms with van der Waals surface area (Å²) in [5, 5.41) is 3.17. The Kier molecular flexibility index (Phi) is 3.29. The lowest BCUT2D eigenvalue weighted by molar-refractivity contribution is 0.415. The maximum Gasteiger partial charge on any atom is 0.119 e. The second-order valence-electron chi connectivity index (χ2n) is 5.13. The molecule has 1 aliphatic rings. The predicted molar refractivity (Wildman–Crippen MR) is 78.4 cm³/mol. The van der Waals surface area contributed by atoms with Crippen LogP contribution in [0.15, 0.2) is 29.6 Å². The summed E-state index contributed by atoms with van der Waals surface area (Å²) in [6, 6.07) is 8.00. The van der Waals surface area contributed by atoms with E-state index in [2.05, 4.69) is 11.4 Å². The van der Waals surface area contributed by atoms with Gasteiger partial charge in [0.2, 0.25) is 0 Å². The molecule has 1 aromatic heterocycles. The highest BCUT2D eigenvalue weighted by molar-refractivity contribution is 7.10. The fourth-order valence-corrected chi connectivity index (χ4v) is 3.64. The molecule has 1 aromatic carbocycles. The minimum Gasteiger partial charge on any atom is -0.497 e. The lowest BCUT2D eigenvalue weighted by Gasteiger charge is -2.19. The van der Waals surface area contributed by atoms with Crippen LogP contribution in [0.5, 0.6) is 5.75 Å². The van der Waals surface area contributed by atoms with Crippen LogP contribution in [0, 0.1) is 0 Å². The van der Waals surface area contributed by atoms with E-state index in [0.29, 0.717) is 0 Å². The zero-order valence-corrected chi connectivity index (χ0v) is 11.9. The van der Waals surface area contributed by atoms with Crippen molar-refractivity contribution >= 4 is 11.3 Å². The summed E-state index contributed by atoms with van der Waals surface area (Å²) in [6.07, 6.45) is 4.53. The van der Waals surface area contributed by atoms with E-state index in [-0.39, 0.29) is 5.54 Å². The number of thiazole rings is 1. The molecule has 3 rings (SSSR count). The first-order chi connectivity index (χ1) is 9.21. The molecule has 0 spiro atoms. The Bertz CT molecular complexity index is 573. The van der Waals surface area contributed by atoms with Gasteiger partial charge < -0.3 is 10.5 Å². The van der Waals surface area contributed by atoms with Gasteiger partial charge in [0.1, 0.15) is 10.8 Å². The molecule has 0 saturated heterocycles. The fraction of sp³-hybridized carbons (Fsp3) is 0.400. The number of methoxy groups -OCH3 is 1. The number of ether oxygens (including phenoxy) is 1. The highest BCUT2D eigenvalue weighted by Crippen LogP contribution is 2.39. The van der Waals surface area contributed by atoms with Crippen molar-refractivity contribution in [2.24, 2.45) is 5.73 Å². The number of nitrogens with two attached hydrogens (primary N) is 1. The van der Waals surface area contributed by atoms with Crippen molar-refractivity contribution in [1.82, 2.24) is 4.98 Å². The van der Waals surface area contributed by atoms with Crippen molar-refractivity contribution in [1.29, 1.82) is 0 Å². The Hall–Kier alpha value is -1.39. The molecule has 19 heavy (non-hydrogen) atoms. The van der Waals surface area contributed by atoms with Crippen LogP contribution in [0.3, 0.4) is 0 Å². The van der Waals surface area contributed by atoms with Gasteiger partial charge in [-0.25, -0.2) is 4.98 Å². The third-order valence-corrected chi connectivity index (χ3v) is 4.85. The predicted octanol–water partition coefficient (Wildman–Crippen LogP) is 3.55. The fourth-order valence-electron chi connectivity index (χ4n) is 2.64. The second kappa shape index (κ2) is 4.94. The van der Waals surface area contributed by atoms with Crippen molar-refractivity contribution < 1.29 is 4.74 Å². The Morgan fingerprint density at radius 1 is 1.32 bits per heavy atom. The summed E-state index contributed by atoms with van der Waals surface area (Å²) in [5.41, 5.74) is 8.34. The monoisotopic (exact) mass is 274 g/mol. The number of aromatic nitrogens is 1. The van der Waals surface area contributed by atoms with Crippen molar-refractivity contribution in [3.05, 3.63) is 34.7 Å². The van der Waals surface area contributed by atoms with Gasteiger partial charge in [-0.15, -0.1) is 11.3 Å². The van der Waals surface area contributed by atoms with Crippen LogP contribution in [0.4, 0.5) is 0 Å². The summed E-state index contributed by atoms with van der Waals surface area (Å²) < 4.78 is 5.25. The van der Waals surface area contributed by atoms with E-state index in [9.17, 15) is 0 Å². The van der Waals surface area contributed by atoms with Crippen LogP contribution in [0.25, 0.3) is 11.3 Å². The van der Waals surface area contributed by atoms with E-state index >= 15 is 0 Å². The summed E-state index contributed by atoms with van der Waals surface area (Å²) in [5.74, 6) is 0.857. The standard InChI is InChI=1S/C15H18N2OS/c1-18-12-6-4-5-11(9-12)13-10-19-14(17-13)15(16)7-2-3-8-15/h4-6,9-10H,2-3,7-8,16H2,1H3. The second-order valence-corrected chi connectivity index (χ2v) is 5.99. The first kappa shape index (κ1) is 12.6. The van der Waals surface area contributed by atoms with E-state index in [4.69, 9.17) is 15.5 Å². The maximum absolute atomic E-state index is 6.45. The van der Waals surface area contributed by atoms with Gasteiger partial charge in [0, 0.05) is 10.9 Å². The van der Waals surface area contributed by atoms with Gasteiger partial charge in [-0.05, 0) is 25.0 Å². The molecule has 3 nitrogen and oxygen atoms in total. The van der Waals surface area contributed by atoms with Crippen LogP contribution in [0.1, 0.15) is 30.7 Å². The van der Waals surface area contributed by atoms with Gasteiger partial charge >= 0.3 is 0 Å². The third kappa shape index (κ3) is 2.38. The Labute approximate surface area is 117 Å². The molecule has 0 radical (unpaired) electrons. The number of benzene rings is 1. The van der Waals surface area contributed by atoms with Crippen molar-refractivity contribution in [2.75, 3.05) is 7.11 Å².